The molecule has 0 aromatic heterocycles. The van der Waals surface area contributed by atoms with Crippen molar-refractivity contribution in [2.24, 2.45) is 0 Å². The zero-order valence-corrected chi connectivity index (χ0v) is 17.8. The summed E-state index contributed by atoms with van der Waals surface area (Å²) in [4.78, 5) is 25.4. The van der Waals surface area contributed by atoms with Gasteiger partial charge in [-0.05, 0) is 30.4 Å². The van der Waals surface area contributed by atoms with Crippen LogP contribution in [0.2, 0.25) is 0 Å². The van der Waals surface area contributed by atoms with Gasteiger partial charge in [-0.15, -0.1) is 0 Å². The molecule has 0 spiro atoms. The van der Waals surface area contributed by atoms with Crippen molar-refractivity contribution < 1.29 is 32.8 Å². The maximum Gasteiger partial charge on any atom is 0.615 e. The molecule has 0 N–H and O–H groups in total. The van der Waals surface area contributed by atoms with Crippen LogP contribution in [0.5, 0.6) is 0 Å². The number of quaternary nitrogens is 1. The fourth-order valence-corrected chi connectivity index (χ4v) is 6.23. The molecule has 1 aliphatic carbocycles. The number of hydrogen-bond donors (Lipinski definition) is 0. The van der Waals surface area contributed by atoms with Crippen molar-refractivity contribution in [3.05, 3.63) is 71.8 Å². The molecule has 166 valence electrons. The second kappa shape index (κ2) is 7.44. The summed E-state index contributed by atoms with van der Waals surface area (Å²) >= 11 is 0. The minimum Gasteiger partial charge on any atom is -0.598 e. The van der Waals surface area contributed by atoms with Crippen molar-refractivity contribution in [2.75, 3.05) is 13.1 Å². The molecule has 0 bridgehead atoms. The van der Waals surface area contributed by atoms with E-state index in [1.165, 1.54) is 0 Å². The second-order valence-electron chi connectivity index (χ2n) is 9.39. The number of nitrogens with zero attached hydrogens (tertiary/aromatic N) is 1. The second-order valence-corrected chi connectivity index (χ2v) is 9.39. The van der Waals surface area contributed by atoms with Crippen LogP contribution in [-0.2, 0) is 35.0 Å². The molecule has 2 aromatic rings. The molecule has 3 heterocycles. The van der Waals surface area contributed by atoms with Crippen LogP contribution >= 0.6 is 0 Å². The Hall–Kier alpha value is -2.68. The van der Waals surface area contributed by atoms with E-state index >= 15 is 0 Å². The minimum atomic E-state index is -2.30. The van der Waals surface area contributed by atoms with Gasteiger partial charge in [0.15, 0.2) is 0 Å². The van der Waals surface area contributed by atoms with Gasteiger partial charge in [0.1, 0.15) is 25.2 Å². The van der Waals surface area contributed by atoms with Crippen LogP contribution in [0.25, 0.3) is 0 Å². The normalized spacial score (nSPS) is 37.8. The maximum atomic E-state index is 12.7. The molecule has 4 aliphatic rings. The first-order chi connectivity index (χ1) is 15.6. The minimum absolute atomic E-state index is 0.0442. The monoisotopic (exact) mass is 435 g/mol. The van der Waals surface area contributed by atoms with E-state index in [1.54, 1.807) is 0 Å². The van der Waals surface area contributed by atoms with Crippen LogP contribution in [0.1, 0.15) is 36.5 Å². The Morgan fingerprint density at radius 1 is 0.906 bits per heavy atom. The smallest absolute Gasteiger partial charge is 0.598 e. The largest absolute Gasteiger partial charge is 0.615 e. The lowest BCUT2D eigenvalue weighted by atomic mass is 9.60. The fraction of sp³-hybridized carbons (Fsp3) is 0.417. The van der Waals surface area contributed by atoms with E-state index in [9.17, 15) is 9.59 Å². The third kappa shape index (κ3) is 3.01. The highest BCUT2D eigenvalue weighted by atomic mass is 16.7. The summed E-state index contributed by atoms with van der Waals surface area (Å²) in [5, 5.41) is 0. The molecule has 0 amide bonds. The van der Waals surface area contributed by atoms with Crippen molar-refractivity contribution in [2.45, 2.75) is 50.1 Å². The van der Waals surface area contributed by atoms with Crippen LogP contribution in [0.3, 0.4) is 0 Å². The standard InChI is InChI=1S/C24H26BNO6/c27-21-14-26(19-12-7-13-20(19)29-16-17-8-3-1-4-9-17)15-22(28)32-25(26,31-21)24-23(30-24)18-10-5-2-6-11-18/h1-6,8-11,19-20,23-24H,7,12-16H2/t19-,20?,23?,24?,25?,26?/m1/s1. The Kier molecular flexibility index (Phi) is 4.64. The highest BCUT2D eigenvalue weighted by Gasteiger charge is 2.79. The molecule has 0 radical (unpaired) electrons. The van der Waals surface area contributed by atoms with Gasteiger partial charge in [-0.25, -0.2) is 0 Å². The predicted molar refractivity (Wildman–Crippen MR) is 115 cm³/mol. The number of rotatable bonds is 6. The van der Waals surface area contributed by atoms with E-state index in [2.05, 4.69) is 0 Å². The number of carbonyl (C=O) groups is 2. The Morgan fingerprint density at radius 3 is 2.25 bits per heavy atom. The van der Waals surface area contributed by atoms with E-state index in [0.717, 1.165) is 30.4 Å². The number of carbonyl (C=O) groups excluding carboxylic acids is 2. The van der Waals surface area contributed by atoms with Gasteiger partial charge in [0, 0.05) is 0 Å². The zero-order chi connectivity index (χ0) is 21.8. The first-order valence-electron chi connectivity index (χ1n) is 11.4. The van der Waals surface area contributed by atoms with Crippen molar-refractivity contribution >= 4 is 18.6 Å². The summed E-state index contributed by atoms with van der Waals surface area (Å²) in [5.41, 5.74) is 2.10. The highest BCUT2D eigenvalue weighted by Crippen LogP contribution is 2.54. The third-order valence-corrected chi connectivity index (χ3v) is 7.62. The van der Waals surface area contributed by atoms with Gasteiger partial charge in [0.25, 0.3) is 0 Å². The molecule has 3 unspecified atom stereocenters. The average Bonchev–Trinajstić information content (AvgIpc) is 3.26. The molecule has 3 aliphatic heterocycles. The number of epoxide rings is 1. The molecule has 7 nitrogen and oxygen atoms in total. The molecular formula is C24H26BNO6. The van der Waals surface area contributed by atoms with Gasteiger partial charge >= 0.3 is 18.6 Å². The summed E-state index contributed by atoms with van der Waals surface area (Å²) in [7, 11) is 0. The van der Waals surface area contributed by atoms with Crippen LogP contribution in [0.15, 0.2) is 60.7 Å². The summed E-state index contributed by atoms with van der Waals surface area (Å²) < 4.78 is 24.4. The molecule has 6 rings (SSSR count). The topological polar surface area (TPSA) is 74.4 Å². The maximum absolute atomic E-state index is 12.7. The molecule has 2 aromatic carbocycles. The predicted octanol–water partition coefficient (Wildman–Crippen LogP) is 2.67. The SMILES string of the molecule is O=C1C[N+]2([C@@H]3CCCC3OCc3ccccc3)CC(=O)O[B-]2(C2OC2c2ccccc2)O1. The van der Waals surface area contributed by atoms with Crippen molar-refractivity contribution in [3.8, 4) is 0 Å². The third-order valence-electron chi connectivity index (χ3n) is 7.62. The van der Waals surface area contributed by atoms with Crippen LogP contribution in [0, 0.1) is 0 Å². The van der Waals surface area contributed by atoms with Crippen molar-refractivity contribution in [3.63, 3.8) is 0 Å². The van der Waals surface area contributed by atoms with Gasteiger partial charge in [0.05, 0.1) is 18.8 Å². The fourth-order valence-electron chi connectivity index (χ4n) is 6.23. The summed E-state index contributed by atoms with van der Waals surface area (Å²) in [6.45, 7) is -1.55. The van der Waals surface area contributed by atoms with Gasteiger partial charge in [-0.1, -0.05) is 60.7 Å². The lowest BCUT2D eigenvalue weighted by Gasteiger charge is -2.49. The number of fused-ring (bicyclic) bond motifs is 1. The molecule has 4 fully saturated rings. The Balaban J connectivity index is 1.30. The molecule has 3 saturated heterocycles. The summed E-state index contributed by atoms with van der Waals surface area (Å²) in [5.74, 6) is -0.651. The Morgan fingerprint density at radius 2 is 1.56 bits per heavy atom. The van der Waals surface area contributed by atoms with Gasteiger partial charge < -0.3 is 23.2 Å². The Bertz CT molecular complexity index is 1010. The lowest BCUT2D eigenvalue weighted by molar-refractivity contribution is -0.846. The number of ether oxygens (including phenoxy) is 2. The molecule has 32 heavy (non-hydrogen) atoms. The van der Waals surface area contributed by atoms with Crippen LogP contribution in [0.4, 0.5) is 0 Å². The van der Waals surface area contributed by atoms with E-state index in [1.807, 2.05) is 60.7 Å². The van der Waals surface area contributed by atoms with Crippen LogP contribution < -0.4 is 0 Å². The van der Waals surface area contributed by atoms with E-state index in [-0.39, 0.29) is 47.7 Å². The van der Waals surface area contributed by atoms with E-state index < -0.39 is 12.7 Å². The number of benzene rings is 2. The number of hydrogen-bond acceptors (Lipinski definition) is 6. The molecule has 8 heteroatoms. The van der Waals surface area contributed by atoms with Crippen LogP contribution in [-0.4, -0.2) is 54.3 Å². The highest BCUT2D eigenvalue weighted by molar-refractivity contribution is 6.68. The van der Waals surface area contributed by atoms with E-state index in [0.29, 0.717) is 6.61 Å². The molecule has 4 atom stereocenters. The summed E-state index contributed by atoms with van der Waals surface area (Å²) in [6.07, 6.45) is 2.41. The average molecular weight is 435 g/mol. The molecule has 1 saturated carbocycles. The van der Waals surface area contributed by atoms with Gasteiger partial charge in [0.2, 0.25) is 0 Å². The zero-order valence-electron chi connectivity index (χ0n) is 17.8. The van der Waals surface area contributed by atoms with Crippen molar-refractivity contribution in [1.29, 1.82) is 0 Å². The first kappa shape index (κ1) is 20.0. The van der Waals surface area contributed by atoms with Gasteiger partial charge in [-0.2, -0.15) is 0 Å². The van der Waals surface area contributed by atoms with Crippen molar-refractivity contribution in [1.82, 2.24) is 0 Å². The quantitative estimate of drug-likeness (QED) is 0.513. The Labute approximate surface area is 186 Å². The summed E-state index contributed by atoms with van der Waals surface area (Å²) in [6, 6.07) is 19.4. The van der Waals surface area contributed by atoms with E-state index in [4.69, 9.17) is 18.8 Å². The first-order valence-corrected chi connectivity index (χ1v) is 11.4. The molecular weight excluding hydrogens is 409 g/mol. The van der Waals surface area contributed by atoms with Gasteiger partial charge in [-0.3, -0.25) is 9.59 Å². The lowest BCUT2D eigenvalue weighted by Crippen LogP contribution is -2.71.